The average molecular weight is 302 g/mol. The summed E-state index contributed by atoms with van der Waals surface area (Å²) >= 11 is 0. The molecule has 22 heavy (non-hydrogen) atoms. The molecule has 1 aromatic heterocycles. The topological polar surface area (TPSA) is 48.5 Å². The zero-order valence-corrected chi connectivity index (χ0v) is 13.4. The molecule has 0 aromatic carbocycles. The highest BCUT2D eigenvalue weighted by Gasteiger charge is 2.29. The van der Waals surface area contributed by atoms with Gasteiger partial charge >= 0.3 is 0 Å². The number of rotatable bonds is 4. The van der Waals surface area contributed by atoms with Crippen LogP contribution in [0, 0.1) is 0 Å². The van der Waals surface area contributed by atoms with E-state index in [0.717, 1.165) is 51.1 Å². The maximum atomic E-state index is 12.5. The van der Waals surface area contributed by atoms with Crippen LogP contribution < -0.4 is 5.32 Å². The number of piperidine rings is 1. The van der Waals surface area contributed by atoms with Crippen LogP contribution >= 0.6 is 0 Å². The Labute approximate surface area is 132 Å². The van der Waals surface area contributed by atoms with Crippen molar-refractivity contribution in [1.82, 2.24) is 14.8 Å². The van der Waals surface area contributed by atoms with Gasteiger partial charge in [-0.2, -0.15) is 0 Å². The van der Waals surface area contributed by atoms with Crippen molar-refractivity contribution >= 4 is 11.7 Å². The second kappa shape index (κ2) is 7.09. The number of nitrogens with zero attached hydrogens (tertiary/aromatic N) is 3. The second-order valence-corrected chi connectivity index (χ2v) is 6.29. The lowest BCUT2D eigenvalue weighted by molar-refractivity contribution is -0.133. The van der Waals surface area contributed by atoms with Gasteiger partial charge in [0.15, 0.2) is 0 Å². The van der Waals surface area contributed by atoms with Crippen LogP contribution in [0.1, 0.15) is 43.7 Å². The zero-order chi connectivity index (χ0) is 15.4. The molecule has 1 atom stereocenters. The minimum atomic E-state index is 0.300. The summed E-state index contributed by atoms with van der Waals surface area (Å²) in [6.07, 6.45) is 7.72. The summed E-state index contributed by atoms with van der Waals surface area (Å²) in [5.41, 5.74) is 1.27. The van der Waals surface area contributed by atoms with Gasteiger partial charge in [-0.1, -0.05) is 0 Å². The van der Waals surface area contributed by atoms with Crippen LogP contribution in [0.5, 0.6) is 0 Å². The fourth-order valence-corrected chi connectivity index (χ4v) is 3.60. The van der Waals surface area contributed by atoms with Gasteiger partial charge in [-0.3, -0.25) is 9.69 Å². The first kappa shape index (κ1) is 15.3. The van der Waals surface area contributed by atoms with Gasteiger partial charge < -0.3 is 10.2 Å². The molecule has 1 N–H and O–H groups in total. The van der Waals surface area contributed by atoms with Gasteiger partial charge in [0.2, 0.25) is 5.91 Å². The fraction of sp³-hybridized carbons (Fsp3) is 0.647. The summed E-state index contributed by atoms with van der Waals surface area (Å²) < 4.78 is 0. The van der Waals surface area contributed by atoms with Crippen molar-refractivity contribution < 1.29 is 4.79 Å². The lowest BCUT2D eigenvalue weighted by Gasteiger charge is -2.31. The minimum Gasteiger partial charge on any atom is -0.373 e. The predicted octanol–water partition coefficient (Wildman–Crippen LogP) is 2.27. The van der Waals surface area contributed by atoms with Gasteiger partial charge in [0.05, 0.1) is 6.54 Å². The minimum absolute atomic E-state index is 0.300. The van der Waals surface area contributed by atoms with Crippen LogP contribution in [-0.2, 0) is 4.79 Å². The third-order valence-corrected chi connectivity index (χ3v) is 4.84. The lowest BCUT2D eigenvalue weighted by Crippen LogP contribution is -2.42. The number of pyridine rings is 1. The maximum Gasteiger partial charge on any atom is 0.236 e. The Kier molecular flexibility index (Phi) is 4.93. The molecule has 0 unspecified atom stereocenters. The van der Waals surface area contributed by atoms with Gasteiger partial charge in [-0.25, -0.2) is 4.98 Å². The van der Waals surface area contributed by atoms with Crippen molar-refractivity contribution in [2.24, 2.45) is 0 Å². The molecule has 1 aromatic rings. The molecule has 2 saturated heterocycles. The Hall–Kier alpha value is -1.62. The highest BCUT2D eigenvalue weighted by molar-refractivity contribution is 5.78. The summed E-state index contributed by atoms with van der Waals surface area (Å²) in [7, 11) is 1.89. The Morgan fingerprint density at radius 2 is 2.09 bits per heavy atom. The third kappa shape index (κ3) is 3.40. The molecular formula is C17H26N4O. The molecule has 2 fully saturated rings. The number of aromatic nitrogens is 1. The van der Waals surface area contributed by atoms with Gasteiger partial charge in [0.25, 0.3) is 0 Å². The van der Waals surface area contributed by atoms with E-state index in [-0.39, 0.29) is 0 Å². The van der Waals surface area contributed by atoms with E-state index in [0.29, 0.717) is 18.5 Å². The predicted molar refractivity (Wildman–Crippen MR) is 87.8 cm³/mol. The van der Waals surface area contributed by atoms with Crippen molar-refractivity contribution in [3.63, 3.8) is 0 Å². The second-order valence-electron chi connectivity index (χ2n) is 6.29. The third-order valence-electron chi connectivity index (χ3n) is 4.84. The molecule has 120 valence electrons. The molecule has 2 aliphatic rings. The van der Waals surface area contributed by atoms with Crippen molar-refractivity contribution in [1.29, 1.82) is 0 Å². The Bertz CT molecular complexity index is 513. The number of likely N-dealkylation sites (tertiary alicyclic amines) is 2. The van der Waals surface area contributed by atoms with Gasteiger partial charge in [0.1, 0.15) is 5.82 Å². The monoisotopic (exact) mass is 302 g/mol. The first-order valence-electron chi connectivity index (χ1n) is 8.43. The fourth-order valence-electron chi connectivity index (χ4n) is 3.60. The molecule has 0 aliphatic carbocycles. The average Bonchev–Trinajstić information content (AvgIpc) is 3.04. The van der Waals surface area contributed by atoms with Crippen LogP contribution in [0.15, 0.2) is 18.3 Å². The molecule has 2 aliphatic heterocycles. The Morgan fingerprint density at radius 1 is 1.27 bits per heavy atom. The summed E-state index contributed by atoms with van der Waals surface area (Å²) in [6, 6.07) is 4.53. The van der Waals surface area contributed by atoms with Crippen molar-refractivity contribution in [2.45, 2.75) is 38.1 Å². The number of hydrogen-bond acceptors (Lipinski definition) is 4. The van der Waals surface area contributed by atoms with Crippen LogP contribution in [-0.4, -0.2) is 53.9 Å². The van der Waals surface area contributed by atoms with Crippen molar-refractivity contribution in [3.8, 4) is 0 Å². The first-order valence-corrected chi connectivity index (χ1v) is 8.43. The summed E-state index contributed by atoms with van der Waals surface area (Å²) in [5, 5.41) is 3.09. The van der Waals surface area contributed by atoms with Crippen LogP contribution in [0.4, 0.5) is 5.82 Å². The number of nitrogens with one attached hydrogen (secondary N) is 1. The van der Waals surface area contributed by atoms with Crippen LogP contribution in [0.2, 0.25) is 0 Å². The number of amides is 1. The van der Waals surface area contributed by atoms with E-state index in [1.807, 2.05) is 18.1 Å². The molecule has 3 heterocycles. The van der Waals surface area contributed by atoms with Gasteiger partial charge in [-0.05, 0) is 56.3 Å². The van der Waals surface area contributed by atoms with Gasteiger partial charge in [-0.15, -0.1) is 0 Å². The maximum absolute atomic E-state index is 12.5. The van der Waals surface area contributed by atoms with E-state index in [1.165, 1.54) is 12.0 Å². The highest BCUT2D eigenvalue weighted by Crippen LogP contribution is 2.32. The SMILES string of the molecule is CNc1cc([C@@H]2CCCN2CC(=O)N2CCCCC2)ccn1. The molecule has 5 heteroatoms. The van der Waals surface area contributed by atoms with Gasteiger partial charge in [0, 0.05) is 32.4 Å². The van der Waals surface area contributed by atoms with E-state index >= 15 is 0 Å². The number of carbonyl (C=O) groups excluding carboxylic acids is 1. The summed E-state index contributed by atoms with van der Waals surface area (Å²) in [5.74, 6) is 1.20. The van der Waals surface area contributed by atoms with E-state index < -0.39 is 0 Å². The molecule has 1 amide bonds. The number of anilines is 1. The molecule has 5 nitrogen and oxygen atoms in total. The molecule has 0 radical (unpaired) electrons. The Balaban J connectivity index is 1.66. The zero-order valence-electron chi connectivity index (χ0n) is 13.4. The molecule has 0 bridgehead atoms. The standard InChI is InChI=1S/C17H26N4O/c1-18-16-12-14(7-8-19-16)15-6-5-11-21(15)13-17(22)20-9-3-2-4-10-20/h7-8,12,15H,2-6,9-11,13H2,1H3,(H,18,19)/t15-/m0/s1. The highest BCUT2D eigenvalue weighted by atomic mass is 16.2. The molecular weight excluding hydrogens is 276 g/mol. The molecule has 0 saturated carbocycles. The van der Waals surface area contributed by atoms with E-state index in [2.05, 4.69) is 27.3 Å². The van der Waals surface area contributed by atoms with E-state index in [4.69, 9.17) is 0 Å². The van der Waals surface area contributed by atoms with E-state index in [1.54, 1.807) is 0 Å². The van der Waals surface area contributed by atoms with Crippen molar-refractivity contribution in [2.75, 3.05) is 38.5 Å². The first-order chi connectivity index (χ1) is 10.8. The smallest absolute Gasteiger partial charge is 0.236 e. The summed E-state index contributed by atoms with van der Waals surface area (Å²) in [4.78, 5) is 21.2. The van der Waals surface area contributed by atoms with Crippen molar-refractivity contribution in [3.05, 3.63) is 23.9 Å². The lowest BCUT2D eigenvalue weighted by atomic mass is 10.1. The van der Waals surface area contributed by atoms with Crippen LogP contribution in [0.25, 0.3) is 0 Å². The molecule has 0 spiro atoms. The van der Waals surface area contributed by atoms with E-state index in [9.17, 15) is 4.79 Å². The normalized spacial score (nSPS) is 22.8. The number of carbonyl (C=O) groups is 1. The Morgan fingerprint density at radius 3 is 2.86 bits per heavy atom. The van der Waals surface area contributed by atoms with Crippen LogP contribution in [0.3, 0.4) is 0 Å². The number of hydrogen-bond donors (Lipinski definition) is 1. The quantitative estimate of drug-likeness (QED) is 0.927. The largest absolute Gasteiger partial charge is 0.373 e. The summed E-state index contributed by atoms with van der Waals surface area (Å²) in [6.45, 7) is 3.45. The molecule has 3 rings (SSSR count).